The molecule has 1 aliphatic rings. The van der Waals surface area contributed by atoms with Crippen molar-refractivity contribution >= 4 is 17.4 Å². The van der Waals surface area contributed by atoms with Crippen LogP contribution < -0.4 is 15.1 Å². The van der Waals surface area contributed by atoms with Gasteiger partial charge in [0, 0.05) is 32.7 Å². The van der Waals surface area contributed by atoms with Crippen molar-refractivity contribution in [1.29, 1.82) is 0 Å². The van der Waals surface area contributed by atoms with Crippen LogP contribution >= 0.6 is 0 Å². The molecule has 0 aliphatic carbocycles. The Labute approximate surface area is 159 Å². The predicted octanol–water partition coefficient (Wildman–Crippen LogP) is 2.86. The topological polar surface area (TPSA) is 61.4 Å². The van der Waals surface area contributed by atoms with Crippen LogP contribution in [0.1, 0.15) is 36.7 Å². The Bertz CT molecular complexity index is 744. The highest BCUT2D eigenvalue weighted by Crippen LogP contribution is 2.21. The van der Waals surface area contributed by atoms with Gasteiger partial charge in [-0.1, -0.05) is 31.9 Å². The van der Waals surface area contributed by atoms with E-state index < -0.39 is 0 Å². The molecule has 1 aliphatic heterocycles. The molecule has 0 unspecified atom stereocenters. The van der Waals surface area contributed by atoms with Gasteiger partial charge in [0.15, 0.2) is 11.5 Å². The summed E-state index contributed by atoms with van der Waals surface area (Å²) in [6.45, 7) is 5.66. The maximum atomic E-state index is 13.9. The summed E-state index contributed by atoms with van der Waals surface area (Å²) in [5.41, 5.74) is 0.971. The summed E-state index contributed by atoms with van der Waals surface area (Å²) in [5.74, 6) is 0.361. The zero-order chi connectivity index (χ0) is 19.1. The highest BCUT2D eigenvalue weighted by molar-refractivity contribution is 5.92. The highest BCUT2D eigenvalue weighted by Gasteiger charge is 2.20. The molecule has 0 saturated carbocycles. The Morgan fingerprint density at radius 1 is 1.04 bits per heavy atom. The van der Waals surface area contributed by atoms with Gasteiger partial charge in [0.25, 0.3) is 5.91 Å². The molecule has 2 heterocycles. The summed E-state index contributed by atoms with van der Waals surface area (Å²) >= 11 is 0. The standard InChI is InChI=1S/C20H26FN5O/c1-2-3-6-11-22-20(27)17-9-10-19(24-23-17)26-14-12-25(13-15-26)18-8-5-4-7-16(18)21/h4-5,7-10H,2-3,6,11-15H2,1H3,(H,22,27). The molecule has 0 bridgehead atoms. The van der Waals surface area contributed by atoms with Crippen LogP contribution in [0.4, 0.5) is 15.9 Å². The van der Waals surface area contributed by atoms with Gasteiger partial charge in [-0.25, -0.2) is 4.39 Å². The van der Waals surface area contributed by atoms with Gasteiger partial charge in [-0.2, -0.15) is 0 Å². The molecule has 1 aromatic heterocycles. The van der Waals surface area contributed by atoms with Crippen LogP contribution in [0.15, 0.2) is 36.4 Å². The lowest BCUT2D eigenvalue weighted by Gasteiger charge is -2.36. The monoisotopic (exact) mass is 371 g/mol. The van der Waals surface area contributed by atoms with E-state index in [0.717, 1.165) is 38.2 Å². The SMILES string of the molecule is CCCCCNC(=O)c1ccc(N2CCN(c3ccccc3F)CC2)nn1. The van der Waals surface area contributed by atoms with E-state index in [1.165, 1.54) is 6.07 Å². The number of rotatable bonds is 7. The van der Waals surface area contributed by atoms with E-state index in [1.807, 2.05) is 17.0 Å². The fraction of sp³-hybridized carbons (Fsp3) is 0.450. The van der Waals surface area contributed by atoms with E-state index in [9.17, 15) is 9.18 Å². The Balaban J connectivity index is 1.53. The third-order valence-electron chi connectivity index (χ3n) is 4.75. The summed E-state index contributed by atoms with van der Waals surface area (Å²) in [5, 5.41) is 11.1. The van der Waals surface area contributed by atoms with Crippen molar-refractivity contribution in [2.75, 3.05) is 42.5 Å². The zero-order valence-corrected chi connectivity index (χ0v) is 15.7. The van der Waals surface area contributed by atoms with Gasteiger partial charge in [-0.05, 0) is 30.7 Å². The van der Waals surface area contributed by atoms with Crippen molar-refractivity contribution in [3.8, 4) is 0 Å². The second-order valence-electron chi connectivity index (χ2n) is 6.67. The van der Waals surface area contributed by atoms with Crippen LogP contribution in [0.5, 0.6) is 0 Å². The number of aromatic nitrogens is 2. The van der Waals surface area contributed by atoms with Crippen LogP contribution in [0.2, 0.25) is 0 Å². The number of hydrogen-bond acceptors (Lipinski definition) is 5. The van der Waals surface area contributed by atoms with E-state index in [-0.39, 0.29) is 11.7 Å². The molecule has 0 atom stereocenters. The molecule has 1 amide bonds. The van der Waals surface area contributed by atoms with Crippen LogP contribution in [0, 0.1) is 5.82 Å². The van der Waals surface area contributed by atoms with E-state index in [4.69, 9.17) is 0 Å². The number of para-hydroxylation sites is 1. The number of anilines is 2. The first kappa shape index (κ1) is 19.1. The van der Waals surface area contributed by atoms with Crippen molar-refractivity contribution in [3.05, 3.63) is 47.9 Å². The average Bonchev–Trinajstić information content (AvgIpc) is 2.72. The van der Waals surface area contributed by atoms with Crippen LogP contribution in [-0.2, 0) is 0 Å². The maximum absolute atomic E-state index is 13.9. The number of amides is 1. The Morgan fingerprint density at radius 3 is 2.44 bits per heavy atom. The summed E-state index contributed by atoms with van der Waals surface area (Å²) < 4.78 is 13.9. The van der Waals surface area contributed by atoms with Crippen LogP contribution in [0.25, 0.3) is 0 Å². The van der Waals surface area contributed by atoms with Gasteiger partial charge < -0.3 is 15.1 Å². The molecule has 27 heavy (non-hydrogen) atoms. The van der Waals surface area contributed by atoms with Crippen molar-refractivity contribution in [3.63, 3.8) is 0 Å². The highest BCUT2D eigenvalue weighted by atomic mass is 19.1. The number of nitrogens with zero attached hydrogens (tertiary/aromatic N) is 4. The molecular weight excluding hydrogens is 345 g/mol. The fourth-order valence-electron chi connectivity index (χ4n) is 3.17. The molecule has 1 N–H and O–H groups in total. The summed E-state index contributed by atoms with van der Waals surface area (Å²) in [7, 11) is 0. The molecule has 2 aromatic rings. The maximum Gasteiger partial charge on any atom is 0.271 e. The number of hydrogen-bond donors (Lipinski definition) is 1. The lowest BCUT2D eigenvalue weighted by atomic mass is 10.2. The van der Waals surface area contributed by atoms with Gasteiger partial charge >= 0.3 is 0 Å². The van der Waals surface area contributed by atoms with Gasteiger partial charge in [0.1, 0.15) is 5.82 Å². The van der Waals surface area contributed by atoms with Crippen molar-refractivity contribution < 1.29 is 9.18 Å². The number of piperazine rings is 1. The second-order valence-corrected chi connectivity index (χ2v) is 6.67. The first-order chi connectivity index (χ1) is 13.2. The minimum Gasteiger partial charge on any atom is -0.366 e. The number of carbonyl (C=O) groups is 1. The Morgan fingerprint density at radius 2 is 1.78 bits per heavy atom. The van der Waals surface area contributed by atoms with E-state index >= 15 is 0 Å². The van der Waals surface area contributed by atoms with Gasteiger partial charge in [-0.15, -0.1) is 10.2 Å². The Hall–Kier alpha value is -2.70. The summed E-state index contributed by atoms with van der Waals surface area (Å²) in [4.78, 5) is 16.2. The van der Waals surface area contributed by atoms with Gasteiger partial charge in [0.05, 0.1) is 5.69 Å². The van der Waals surface area contributed by atoms with Gasteiger partial charge in [-0.3, -0.25) is 4.79 Å². The average molecular weight is 371 g/mol. The lowest BCUT2D eigenvalue weighted by molar-refractivity contribution is 0.0947. The third kappa shape index (κ3) is 4.93. The number of unbranched alkanes of at least 4 members (excludes halogenated alkanes) is 2. The van der Waals surface area contributed by atoms with Crippen LogP contribution in [-0.4, -0.2) is 48.8 Å². The second kappa shape index (κ2) is 9.30. The van der Waals surface area contributed by atoms with E-state index in [2.05, 4.69) is 27.3 Å². The largest absolute Gasteiger partial charge is 0.366 e. The lowest BCUT2D eigenvalue weighted by Crippen LogP contribution is -2.47. The minimum absolute atomic E-state index is 0.186. The molecule has 144 valence electrons. The molecule has 0 spiro atoms. The van der Waals surface area contributed by atoms with E-state index in [1.54, 1.807) is 18.2 Å². The van der Waals surface area contributed by atoms with E-state index in [0.29, 0.717) is 31.0 Å². The number of benzene rings is 1. The fourth-order valence-corrected chi connectivity index (χ4v) is 3.17. The molecule has 6 nitrogen and oxygen atoms in total. The molecule has 7 heteroatoms. The van der Waals surface area contributed by atoms with Crippen molar-refractivity contribution in [2.24, 2.45) is 0 Å². The quantitative estimate of drug-likeness (QED) is 0.759. The first-order valence-corrected chi connectivity index (χ1v) is 9.55. The summed E-state index contributed by atoms with van der Waals surface area (Å²) in [6.07, 6.45) is 3.19. The molecular formula is C20H26FN5O. The molecule has 3 rings (SSSR count). The van der Waals surface area contributed by atoms with Crippen molar-refractivity contribution in [2.45, 2.75) is 26.2 Å². The van der Waals surface area contributed by atoms with Crippen molar-refractivity contribution in [1.82, 2.24) is 15.5 Å². The van der Waals surface area contributed by atoms with Crippen LogP contribution in [0.3, 0.4) is 0 Å². The molecule has 1 aromatic carbocycles. The number of nitrogens with one attached hydrogen (secondary N) is 1. The number of halogens is 1. The third-order valence-corrected chi connectivity index (χ3v) is 4.75. The van der Waals surface area contributed by atoms with Gasteiger partial charge in [0.2, 0.25) is 0 Å². The minimum atomic E-state index is -0.194. The first-order valence-electron chi connectivity index (χ1n) is 9.55. The number of carbonyl (C=O) groups excluding carboxylic acids is 1. The summed E-state index contributed by atoms with van der Waals surface area (Å²) in [6, 6.07) is 10.4. The molecule has 1 saturated heterocycles. The molecule has 0 radical (unpaired) electrons. The normalized spacial score (nSPS) is 14.3. The Kier molecular flexibility index (Phi) is 6.57. The zero-order valence-electron chi connectivity index (χ0n) is 15.7. The smallest absolute Gasteiger partial charge is 0.271 e. The predicted molar refractivity (Wildman–Crippen MR) is 105 cm³/mol. The molecule has 1 fully saturated rings.